The van der Waals surface area contributed by atoms with E-state index in [9.17, 15) is 13.7 Å². The molecule has 2 aromatic carbocycles. The van der Waals surface area contributed by atoms with Crippen LogP contribution in [0.15, 0.2) is 54.9 Å². The van der Waals surface area contributed by atoms with Crippen molar-refractivity contribution in [3.05, 3.63) is 76.6 Å². The number of sulfonamides is 1. The Labute approximate surface area is 225 Å². The highest BCUT2D eigenvalue weighted by Gasteiger charge is 2.26. The molecule has 37 heavy (non-hydrogen) atoms. The maximum Gasteiger partial charge on any atom is 0.231 e. The van der Waals surface area contributed by atoms with E-state index in [0.29, 0.717) is 33.1 Å². The first-order valence-electron chi connectivity index (χ1n) is 11.2. The molecule has 1 N–H and O–H groups in total. The van der Waals surface area contributed by atoms with Crippen molar-refractivity contribution < 1.29 is 13.2 Å². The van der Waals surface area contributed by atoms with Gasteiger partial charge in [-0.25, -0.2) is 23.4 Å². The smallest absolute Gasteiger partial charge is 0.231 e. The molecule has 2 heterocycles. The standard InChI is InChI=1S/C26H23Cl2N5O3S/c1-26(2,19-12-17(14-29)24(20(28)13-19)36-11-9-27)18-6-4-16(5-7-18)22-15-31-23-21(32-22)8-10-30-25(23)33-37(3,34)35/h4-8,10,12-13,15H,9,11H2,1-3H3,(H,30,33). The number of benzene rings is 2. The van der Waals surface area contributed by atoms with Gasteiger partial charge in [-0.05, 0) is 29.3 Å². The van der Waals surface area contributed by atoms with E-state index in [1.165, 1.54) is 6.20 Å². The van der Waals surface area contributed by atoms with E-state index in [1.807, 2.05) is 44.2 Å². The lowest BCUT2D eigenvalue weighted by atomic mass is 9.77. The lowest BCUT2D eigenvalue weighted by Crippen LogP contribution is -2.19. The van der Waals surface area contributed by atoms with E-state index in [1.54, 1.807) is 18.3 Å². The number of nitrogens with zero attached hydrogens (tertiary/aromatic N) is 4. The number of fused-ring (bicyclic) bond motifs is 1. The van der Waals surface area contributed by atoms with E-state index in [-0.39, 0.29) is 18.3 Å². The molecule has 0 amide bonds. The van der Waals surface area contributed by atoms with Gasteiger partial charge in [-0.3, -0.25) is 4.72 Å². The van der Waals surface area contributed by atoms with Crippen LogP contribution in [-0.2, 0) is 15.4 Å². The van der Waals surface area contributed by atoms with Gasteiger partial charge >= 0.3 is 0 Å². The van der Waals surface area contributed by atoms with Gasteiger partial charge in [0, 0.05) is 17.2 Å². The number of halogens is 2. The van der Waals surface area contributed by atoms with Crippen LogP contribution in [0.5, 0.6) is 5.75 Å². The van der Waals surface area contributed by atoms with E-state index < -0.39 is 15.4 Å². The summed E-state index contributed by atoms with van der Waals surface area (Å²) in [6.07, 6.45) is 4.11. The van der Waals surface area contributed by atoms with Crippen molar-refractivity contribution in [1.29, 1.82) is 5.26 Å². The number of nitriles is 1. The van der Waals surface area contributed by atoms with Gasteiger partial charge in [0.25, 0.3) is 0 Å². The van der Waals surface area contributed by atoms with E-state index in [4.69, 9.17) is 27.9 Å². The van der Waals surface area contributed by atoms with Crippen LogP contribution in [0.4, 0.5) is 5.82 Å². The summed E-state index contributed by atoms with van der Waals surface area (Å²) >= 11 is 12.2. The molecule has 0 atom stereocenters. The average molecular weight is 556 g/mol. The quantitative estimate of drug-likeness (QED) is 0.284. The predicted molar refractivity (Wildman–Crippen MR) is 146 cm³/mol. The van der Waals surface area contributed by atoms with Crippen LogP contribution in [0, 0.1) is 11.3 Å². The number of pyridine rings is 1. The van der Waals surface area contributed by atoms with Crippen LogP contribution in [-0.4, -0.2) is 42.1 Å². The number of ether oxygens (including phenoxy) is 1. The summed E-state index contributed by atoms with van der Waals surface area (Å²) in [5.74, 6) is 0.753. The van der Waals surface area contributed by atoms with Crippen molar-refractivity contribution in [1.82, 2.24) is 15.0 Å². The van der Waals surface area contributed by atoms with Gasteiger partial charge in [0.1, 0.15) is 18.2 Å². The molecule has 0 spiro atoms. The second kappa shape index (κ2) is 10.5. The molecule has 0 fully saturated rings. The molecule has 0 aliphatic heterocycles. The Bertz CT molecular complexity index is 1620. The molecule has 4 rings (SSSR count). The molecule has 0 aliphatic carbocycles. The highest BCUT2D eigenvalue weighted by atomic mass is 35.5. The molecule has 0 aliphatic rings. The topological polar surface area (TPSA) is 118 Å². The molecule has 11 heteroatoms. The molecular formula is C26H23Cl2N5O3S. The van der Waals surface area contributed by atoms with Gasteiger partial charge in [-0.2, -0.15) is 5.26 Å². The lowest BCUT2D eigenvalue weighted by Gasteiger charge is -2.27. The third-order valence-electron chi connectivity index (χ3n) is 5.85. The lowest BCUT2D eigenvalue weighted by molar-refractivity contribution is 0.341. The predicted octanol–water partition coefficient (Wildman–Crippen LogP) is 5.53. The molecule has 2 aromatic heterocycles. The summed E-state index contributed by atoms with van der Waals surface area (Å²) in [6, 6.07) is 15.3. The first-order chi connectivity index (χ1) is 17.5. The Hall–Kier alpha value is -3.45. The highest BCUT2D eigenvalue weighted by molar-refractivity contribution is 7.92. The first-order valence-corrected chi connectivity index (χ1v) is 14.0. The van der Waals surface area contributed by atoms with Gasteiger partial charge in [-0.1, -0.05) is 49.7 Å². The van der Waals surface area contributed by atoms with Crippen molar-refractivity contribution in [3.63, 3.8) is 0 Å². The van der Waals surface area contributed by atoms with Crippen LogP contribution >= 0.6 is 23.2 Å². The van der Waals surface area contributed by atoms with Gasteiger partial charge in [0.05, 0.1) is 40.1 Å². The summed E-state index contributed by atoms with van der Waals surface area (Å²) in [5.41, 5.74) is 4.09. The molecule has 0 saturated heterocycles. The van der Waals surface area contributed by atoms with Crippen LogP contribution in [0.2, 0.25) is 5.02 Å². The maximum absolute atomic E-state index is 11.6. The SMILES string of the molecule is CC(C)(c1ccc(-c2cnc3c(NS(C)(=O)=O)nccc3n2)cc1)c1cc(Cl)c(OCCCl)c(C#N)c1. The summed E-state index contributed by atoms with van der Waals surface area (Å²) < 4.78 is 31.2. The summed E-state index contributed by atoms with van der Waals surface area (Å²) in [5, 5.41) is 10.00. The highest BCUT2D eigenvalue weighted by Crippen LogP contribution is 2.38. The van der Waals surface area contributed by atoms with E-state index >= 15 is 0 Å². The van der Waals surface area contributed by atoms with Crippen molar-refractivity contribution >= 4 is 50.1 Å². The van der Waals surface area contributed by atoms with Crippen molar-refractivity contribution in [2.45, 2.75) is 19.3 Å². The molecule has 4 aromatic rings. The molecule has 0 unspecified atom stereocenters. The monoisotopic (exact) mass is 555 g/mol. The zero-order valence-electron chi connectivity index (χ0n) is 20.3. The number of alkyl halides is 1. The summed E-state index contributed by atoms with van der Waals surface area (Å²) in [7, 11) is -3.51. The van der Waals surface area contributed by atoms with Gasteiger partial charge in [0.2, 0.25) is 10.0 Å². The summed E-state index contributed by atoms with van der Waals surface area (Å²) in [6.45, 7) is 4.35. The minimum absolute atomic E-state index is 0.130. The fraction of sp³-hybridized carbons (Fsp3) is 0.231. The van der Waals surface area contributed by atoms with Crippen LogP contribution < -0.4 is 9.46 Å². The number of hydrogen-bond donors (Lipinski definition) is 1. The Kier molecular flexibility index (Phi) is 7.55. The third-order valence-corrected chi connectivity index (χ3v) is 6.85. The van der Waals surface area contributed by atoms with Gasteiger partial charge in [-0.15, -0.1) is 11.6 Å². The van der Waals surface area contributed by atoms with Crippen LogP contribution in [0.1, 0.15) is 30.5 Å². The number of nitrogens with one attached hydrogen (secondary N) is 1. The molecule has 0 bridgehead atoms. The second-order valence-corrected chi connectivity index (χ2v) is 11.4. The van der Waals surface area contributed by atoms with Crippen LogP contribution in [0.3, 0.4) is 0 Å². The average Bonchev–Trinajstić information content (AvgIpc) is 2.86. The number of aromatic nitrogens is 3. The Morgan fingerprint density at radius 3 is 2.49 bits per heavy atom. The molecular weight excluding hydrogens is 533 g/mol. The Morgan fingerprint density at radius 2 is 1.84 bits per heavy atom. The van der Waals surface area contributed by atoms with Gasteiger partial charge < -0.3 is 4.74 Å². The summed E-state index contributed by atoms with van der Waals surface area (Å²) in [4.78, 5) is 13.1. The van der Waals surface area contributed by atoms with Crippen LogP contribution in [0.25, 0.3) is 22.3 Å². The fourth-order valence-electron chi connectivity index (χ4n) is 3.88. The molecule has 8 nitrogen and oxygen atoms in total. The number of rotatable bonds is 8. The normalized spacial score (nSPS) is 11.8. The fourth-order valence-corrected chi connectivity index (χ4v) is 4.74. The third kappa shape index (κ3) is 5.77. The van der Waals surface area contributed by atoms with Crippen molar-refractivity contribution in [2.75, 3.05) is 23.5 Å². The zero-order valence-corrected chi connectivity index (χ0v) is 22.6. The largest absolute Gasteiger partial charge is 0.489 e. The van der Waals surface area contributed by atoms with E-state index in [2.05, 4.69) is 25.7 Å². The maximum atomic E-state index is 11.6. The minimum Gasteiger partial charge on any atom is -0.489 e. The van der Waals surface area contributed by atoms with E-state index in [0.717, 1.165) is 22.9 Å². The Balaban J connectivity index is 1.66. The van der Waals surface area contributed by atoms with Crippen molar-refractivity contribution in [3.8, 4) is 23.1 Å². The first kappa shape index (κ1) is 26.6. The molecule has 190 valence electrons. The second-order valence-electron chi connectivity index (χ2n) is 8.84. The molecule has 0 saturated carbocycles. The zero-order chi connectivity index (χ0) is 26.8. The van der Waals surface area contributed by atoms with Crippen molar-refractivity contribution in [2.24, 2.45) is 0 Å². The van der Waals surface area contributed by atoms with Gasteiger partial charge in [0.15, 0.2) is 11.6 Å². The number of anilines is 1. The Morgan fingerprint density at radius 1 is 1.11 bits per heavy atom. The molecule has 0 radical (unpaired) electrons. The number of hydrogen-bond acceptors (Lipinski definition) is 7. The minimum atomic E-state index is -3.51.